The molecule has 2 aliphatic rings. The second-order valence-corrected chi connectivity index (χ2v) is 6.12. The van der Waals surface area contributed by atoms with Crippen LogP contribution in [0.3, 0.4) is 0 Å². The van der Waals surface area contributed by atoms with Crippen LogP contribution in [-0.2, 0) is 0 Å². The highest BCUT2D eigenvalue weighted by Gasteiger charge is 2.42. The molecular weight excluding hydrogens is 240 g/mol. The van der Waals surface area contributed by atoms with Crippen LogP contribution in [0, 0.1) is 11.8 Å². The van der Waals surface area contributed by atoms with Gasteiger partial charge in [-0.05, 0) is 24.7 Å². The van der Waals surface area contributed by atoms with Gasteiger partial charge in [0.1, 0.15) is 18.0 Å². The molecule has 1 aromatic rings. The predicted octanol–water partition coefficient (Wildman–Crippen LogP) is 1.39. The monoisotopic (exact) mass is 262 g/mol. The van der Waals surface area contributed by atoms with Crippen molar-refractivity contribution >= 4 is 11.6 Å². The van der Waals surface area contributed by atoms with Crippen molar-refractivity contribution in [2.75, 3.05) is 23.7 Å². The van der Waals surface area contributed by atoms with Crippen molar-refractivity contribution in [3.8, 4) is 0 Å². The quantitative estimate of drug-likeness (QED) is 0.842. The fourth-order valence-corrected chi connectivity index (χ4v) is 3.61. The largest absolute Gasteiger partial charge is 0.393 e. The molecule has 3 unspecified atom stereocenters. The van der Waals surface area contributed by atoms with E-state index in [1.807, 2.05) is 0 Å². The molecule has 3 atom stereocenters. The van der Waals surface area contributed by atoms with Crippen molar-refractivity contribution in [2.24, 2.45) is 11.8 Å². The average Bonchev–Trinajstić information content (AvgIpc) is 2.91. The molecule has 104 valence electrons. The summed E-state index contributed by atoms with van der Waals surface area (Å²) in [5, 5.41) is 10.0. The van der Waals surface area contributed by atoms with Gasteiger partial charge in [-0.2, -0.15) is 0 Å². The topological polar surface area (TPSA) is 75.3 Å². The first-order valence-electron chi connectivity index (χ1n) is 7.11. The highest BCUT2D eigenvalue weighted by molar-refractivity contribution is 5.58. The van der Waals surface area contributed by atoms with E-state index < -0.39 is 0 Å². The number of rotatable bonds is 2. The van der Waals surface area contributed by atoms with Crippen molar-refractivity contribution in [1.82, 2.24) is 9.97 Å². The first-order chi connectivity index (χ1) is 9.08. The van der Waals surface area contributed by atoms with Crippen LogP contribution in [0.1, 0.15) is 38.2 Å². The number of nitrogen functional groups attached to an aromatic ring is 1. The Morgan fingerprint density at radius 1 is 1.32 bits per heavy atom. The third kappa shape index (κ3) is 2.06. The van der Waals surface area contributed by atoms with Crippen molar-refractivity contribution < 1.29 is 5.11 Å². The van der Waals surface area contributed by atoms with Gasteiger partial charge in [0.25, 0.3) is 0 Å². The van der Waals surface area contributed by atoms with Crippen LogP contribution in [0.25, 0.3) is 0 Å². The van der Waals surface area contributed by atoms with Gasteiger partial charge >= 0.3 is 0 Å². The maximum atomic E-state index is 10.0. The van der Waals surface area contributed by atoms with E-state index in [-0.39, 0.29) is 6.10 Å². The molecule has 3 rings (SSSR count). The van der Waals surface area contributed by atoms with Gasteiger partial charge in [0, 0.05) is 24.6 Å². The normalized spacial score (nSPS) is 30.1. The van der Waals surface area contributed by atoms with Gasteiger partial charge in [0.15, 0.2) is 0 Å². The molecule has 19 heavy (non-hydrogen) atoms. The Bertz CT molecular complexity index is 477. The van der Waals surface area contributed by atoms with E-state index in [0.29, 0.717) is 23.6 Å². The highest BCUT2D eigenvalue weighted by Crippen LogP contribution is 2.41. The second-order valence-electron chi connectivity index (χ2n) is 6.12. The summed E-state index contributed by atoms with van der Waals surface area (Å²) in [6.45, 7) is 6.11. The molecule has 1 aliphatic carbocycles. The Kier molecular flexibility index (Phi) is 3.09. The highest BCUT2D eigenvalue weighted by atomic mass is 16.3. The predicted molar refractivity (Wildman–Crippen MR) is 75.0 cm³/mol. The van der Waals surface area contributed by atoms with Gasteiger partial charge in [-0.1, -0.05) is 13.8 Å². The molecule has 5 heteroatoms. The molecule has 0 bridgehead atoms. The fourth-order valence-electron chi connectivity index (χ4n) is 3.61. The van der Waals surface area contributed by atoms with Crippen molar-refractivity contribution in [2.45, 2.75) is 38.7 Å². The third-order valence-electron chi connectivity index (χ3n) is 4.59. The van der Waals surface area contributed by atoms with Crippen LogP contribution in [0.15, 0.2) is 6.33 Å². The van der Waals surface area contributed by atoms with E-state index in [1.54, 1.807) is 6.33 Å². The van der Waals surface area contributed by atoms with Gasteiger partial charge in [0.2, 0.25) is 0 Å². The lowest BCUT2D eigenvalue weighted by molar-refractivity contribution is 0.133. The summed E-state index contributed by atoms with van der Waals surface area (Å²) < 4.78 is 0. The summed E-state index contributed by atoms with van der Waals surface area (Å²) in [4.78, 5) is 10.8. The lowest BCUT2D eigenvalue weighted by atomic mass is 10.00. The Balaban J connectivity index is 1.90. The minimum atomic E-state index is -0.142. The number of hydrogen-bond acceptors (Lipinski definition) is 5. The summed E-state index contributed by atoms with van der Waals surface area (Å²) >= 11 is 0. The molecule has 2 fully saturated rings. The minimum absolute atomic E-state index is 0.142. The number of nitrogens with two attached hydrogens (primary N) is 1. The van der Waals surface area contributed by atoms with Crippen LogP contribution >= 0.6 is 0 Å². The van der Waals surface area contributed by atoms with E-state index in [2.05, 4.69) is 28.7 Å². The zero-order chi connectivity index (χ0) is 13.6. The smallest absolute Gasteiger partial charge is 0.137 e. The molecule has 0 aromatic carbocycles. The van der Waals surface area contributed by atoms with Crippen LogP contribution in [0.4, 0.5) is 11.6 Å². The zero-order valence-electron chi connectivity index (χ0n) is 11.6. The Labute approximate surface area is 113 Å². The van der Waals surface area contributed by atoms with Crippen LogP contribution < -0.4 is 10.6 Å². The van der Waals surface area contributed by atoms with E-state index >= 15 is 0 Å². The maximum absolute atomic E-state index is 10.0. The van der Waals surface area contributed by atoms with E-state index in [1.165, 1.54) is 0 Å². The first kappa shape index (κ1) is 12.7. The Hall–Kier alpha value is -1.36. The van der Waals surface area contributed by atoms with Crippen molar-refractivity contribution in [1.29, 1.82) is 0 Å². The summed E-state index contributed by atoms with van der Waals surface area (Å²) in [5.41, 5.74) is 7.04. The standard InChI is InChI=1S/C14H22N4O/c1-8(2)12-13(15)16-7-17-14(12)18-5-9-3-4-11(19)10(9)6-18/h7-11,19H,3-6H2,1-2H3,(H2,15,16,17). The number of aliphatic hydroxyl groups excluding tert-OH is 1. The molecule has 1 aromatic heterocycles. The van der Waals surface area contributed by atoms with Gasteiger partial charge in [-0.15, -0.1) is 0 Å². The van der Waals surface area contributed by atoms with E-state index in [4.69, 9.17) is 5.73 Å². The molecule has 2 heterocycles. The van der Waals surface area contributed by atoms with Gasteiger partial charge in [-0.25, -0.2) is 9.97 Å². The Morgan fingerprint density at radius 2 is 2.11 bits per heavy atom. The number of nitrogens with zero attached hydrogens (tertiary/aromatic N) is 3. The molecule has 1 saturated carbocycles. The molecular formula is C14H22N4O. The second kappa shape index (κ2) is 4.63. The molecule has 0 radical (unpaired) electrons. The van der Waals surface area contributed by atoms with Gasteiger partial charge in [-0.3, -0.25) is 0 Å². The number of aliphatic hydroxyl groups is 1. The van der Waals surface area contributed by atoms with Gasteiger partial charge < -0.3 is 15.7 Å². The lowest BCUT2D eigenvalue weighted by Gasteiger charge is -2.24. The summed E-state index contributed by atoms with van der Waals surface area (Å²) in [5.74, 6) is 2.85. The zero-order valence-corrected chi connectivity index (χ0v) is 11.6. The number of fused-ring (bicyclic) bond motifs is 1. The Morgan fingerprint density at radius 3 is 2.79 bits per heavy atom. The lowest BCUT2D eigenvalue weighted by Crippen LogP contribution is -2.26. The fraction of sp³-hybridized carbons (Fsp3) is 0.714. The molecule has 1 saturated heterocycles. The summed E-state index contributed by atoms with van der Waals surface area (Å²) in [7, 11) is 0. The van der Waals surface area contributed by atoms with E-state index in [0.717, 1.165) is 37.3 Å². The first-order valence-corrected chi connectivity index (χ1v) is 7.11. The van der Waals surface area contributed by atoms with Crippen LogP contribution in [-0.4, -0.2) is 34.3 Å². The average molecular weight is 262 g/mol. The van der Waals surface area contributed by atoms with Crippen LogP contribution in [0.2, 0.25) is 0 Å². The number of anilines is 2. The molecule has 0 spiro atoms. The van der Waals surface area contributed by atoms with Crippen molar-refractivity contribution in [3.63, 3.8) is 0 Å². The van der Waals surface area contributed by atoms with Crippen LogP contribution in [0.5, 0.6) is 0 Å². The number of hydrogen-bond donors (Lipinski definition) is 2. The minimum Gasteiger partial charge on any atom is -0.393 e. The van der Waals surface area contributed by atoms with Crippen molar-refractivity contribution in [3.05, 3.63) is 11.9 Å². The van der Waals surface area contributed by atoms with E-state index in [9.17, 15) is 5.11 Å². The molecule has 0 amide bonds. The molecule has 3 N–H and O–H groups in total. The third-order valence-corrected chi connectivity index (χ3v) is 4.59. The summed E-state index contributed by atoms with van der Waals surface area (Å²) in [6.07, 6.45) is 3.48. The molecule has 1 aliphatic heterocycles. The number of aromatic nitrogens is 2. The van der Waals surface area contributed by atoms with Gasteiger partial charge in [0.05, 0.1) is 6.10 Å². The SMILES string of the molecule is CC(C)c1c(N)ncnc1N1CC2CCC(O)C2C1. The maximum Gasteiger partial charge on any atom is 0.137 e. The summed E-state index contributed by atoms with van der Waals surface area (Å²) in [6, 6.07) is 0. The molecule has 5 nitrogen and oxygen atoms in total.